The molecule has 2 aliphatic rings. The second-order valence-corrected chi connectivity index (χ2v) is 10.9. The fourth-order valence-electron chi connectivity index (χ4n) is 6.32. The van der Waals surface area contributed by atoms with Crippen LogP contribution >= 0.6 is 0 Å². The van der Waals surface area contributed by atoms with Crippen molar-refractivity contribution in [2.24, 2.45) is 0 Å². The molecule has 9 heteroatoms. The van der Waals surface area contributed by atoms with Crippen molar-refractivity contribution >= 4 is 17.9 Å². The van der Waals surface area contributed by atoms with Gasteiger partial charge in [-0.2, -0.15) is 0 Å². The molecule has 1 saturated heterocycles. The minimum atomic E-state index is -0.312. The van der Waals surface area contributed by atoms with E-state index in [9.17, 15) is 4.79 Å². The van der Waals surface area contributed by atoms with E-state index in [1.54, 1.807) is 20.4 Å². The van der Waals surface area contributed by atoms with Gasteiger partial charge in [0.1, 0.15) is 6.29 Å². The van der Waals surface area contributed by atoms with Crippen molar-refractivity contribution in [2.75, 3.05) is 63.7 Å². The molecule has 0 saturated carbocycles. The van der Waals surface area contributed by atoms with E-state index in [0.29, 0.717) is 17.4 Å². The highest BCUT2D eigenvalue weighted by Gasteiger charge is 2.37. The van der Waals surface area contributed by atoms with Crippen molar-refractivity contribution in [3.05, 3.63) is 71.0 Å². The molecule has 3 aromatic rings. The van der Waals surface area contributed by atoms with E-state index in [0.717, 1.165) is 88.2 Å². The van der Waals surface area contributed by atoms with Crippen molar-refractivity contribution in [3.63, 3.8) is 0 Å². The van der Waals surface area contributed by atoms with Crippen LogP contribution in [-0.2, 0) is 17.8 Å². The zero-order valence-electron chi connectivity index (χ0n) is 25.4. The van der Waals surface area contributed by atoms with Gasteiger partial charge in [-0.3, -0.25) is 4.90 Å². The van der Waals surface area contributed by atoms with Crippen LogP contribution in [0, 0.1) is 0 Å². The molecule has 9 nitrogen and oxygen atoms in total. The van der Waals surface area contributed by atoms with Gasteiger partial charge in [-0.15, -0.1) is 0 Å². The highest BCUT2D eigenvalue weighted by atomic mass is 16.5. The highest BCUT2D eigenvalue weighted by molar-refractivity contribution is 5.70. The third-order valence-electron chi connectivity index (χ3n) is 8.70. The second kappa shape index (κ2) is 14.0. The van der Waals surface area contributed by atoms with Gasteiger partial charge in [0.25, 0.3) is 0 Å². The summed E-state index contributed by atoms with van der Waals surface area (Å²) in [5, 5.41) is 3.39. The quantitative estimate of drug-likeness (QED) is 0.227. The Hall–Kier alpha value is -3.69. The lowest BCUT2D eigenvalue weighted by Gasteiger charge is -2.36. The van der Waals surface area contributed by atoms with Gasteiger partial charge in [-0.25, -0.2) is 9.97 Å². The molecule has 0 bridgehead atoms. The molecule has 1 N–H and O–H groups in total. The van der Waals surface area contributed by atoms with Crippen LogP contribution in [0.15, 0.2) is 48.7 Å². The van der Waals surface area contributed by atoms with Crippen molar-refractivity contribution in [1.82, 2.24) is 19.8 Å². The molecule has 2 aliphatic heterocycles. The minimum absolute atomic E-state index is 0.00175. The van der Waals surface area contributed by atoms with Crippen LogP contribution in [0.5, 0.6) is 11.5 Å². The number of nitrogens with one attached hydrogen (secondary N) is 1. The van der Waals surface area contributed by atoms with Crippen LogP contribution in [0.1, 0.15) is 61.2 Å². The first-order valence-corrected chi connectivity index (χ1v) is 15.2. The van der Waals surface area contributed by atoms with E-state index < -0.39 is 0 Å². The van der Waals surface area contributed by atoms with Crippen molar-refractivity contribution in [2.45, 2.75) is 51.7 Å². The fourth-order valence-corrected chi connectivity index (χ4v) is 6.32. The smallest absolute Gasteiger partial charge is 0.222 e. The number of aldehydes is 1. The molecule has 1 aromatic heterocycles. The number of likely N-dealkylation sites (N-methyl/N-ethyl adjacent to an activating group) is 1. The topological polar surface area (TPSA) is 83.1 Å². The average molecular weight is 573 g/mol. The number of nitrogens with zero attached hydrogens (tertiary/aromatic N) is 5. The number of benzene rings is 2. The summed E-state index contributed by atoms with van der Waals surface area (Å²) in [7, 11) is 3.31. The largest absolute Gasteiger partial charge is 0.493 e. The molecule has 1 unspecified atom stereocenters. The normalized spacial score (nSPS) is 18.0. The number of anilines is 2. The summed E-state index contributed by atoms with van der Waals surface area (Å²) in [5.41, 5.74) is 5.78. The maximum absolute atomic E-state index is 12.7. The number of aromatic nitrogens is 2. The Morgan fingerprint density at radius 3 is 2.57 bits per heavy atom. The Labute approximate surface area is 249 Å². The molecule has 1 fully saturated rings. The standard InChI is InChI=1S/C33H44N6O3/c1-5-25-14-16-35-33(36-25)34-15-8-11-28(24-12-13-31(41-3)32(21-24)42-4)39-22-27-26(30(39)23-40)9-7-10-29(27)38-19-17-37(6-2)18-20-38/h7,9-10,12-14,16,21,23,28,30H,5-6,8,11,15,17-20,22H2,1-4H3,(H,34,35,36)/t28-,30?/m1/s1. The number of carbonyl (C=O) groups excluding carboxylic acids is 1. The van der Waals surface area contributed by atoms with Gasteiger partial charge in [0, 0.05) is 62.9 Å². The molecule has 3 heterocycles. The van der Waals surface area contributed by atoms with E-state index in [1.807, 2.05) is 12.1 Å². The molecule has 2 atom stereocenters. The fraction of sp³-hybridized carbons (Fsp3) is 0.485. The zero-order valence-corrected chi connectivity index (χ0v) is 25.4. The number of ether oxygens (including phenoxy) is 2. The third kappa shape index (κ3) is 6.37. The minimum Gasteiger partial charge on any atom is -0.493 e. The predicted molar refractivity (Wildman–Crippen MR) is 167 cm³/mol. The molecule has 42 heavy (non-hydrogen) atoms. The Kier molecular flexibility index (Phi) is 9.92. The van der Waals surface area contributed by atoms with Crippen LogP contribution in [0.3, 0.4) is 0 Å². The molecular weight excluding hydrogens is 528 g/mol. The first kappa shape index (κ1) is 29.8. The second-order valence-electron chi connectivity index (χ2n) is 10.9. The van der Waals surface area contributed by atoms with E-state index in [4.69, 9.17) is 9.47 Å². The first-order chi connectivity index (χ1) is 20.6. The lowest BCUT2D eigenvalue weighted by molar-refractivity contribution is -0.113. The number of hydrogen-bond donors (Lipinski definition) is 1. The zero-order chi connectivity index (χ0) is 29.5. The van der Waals surface area contributed by atoms with E-state index in [-0.39, 0.29) is 12.1 Å². The highest BCUT2D eigenvalue weighted by Crippen LogP contribution is 2.45. The maximum atomic E-state index is 12.7. The Bertz CT molecular complexity index is 1340. The predicted octanol–water partition coefficient (Wildman–Crippen LogP) is 4.89. The van der Waals surface area contributed by atoms with Crippen molar-refractivity contribution < 1.29 is 14.3 Å². The van der Waals surface area contributed by atoms with Gasteiger partial charge in [-0.05, 0) is 66.8 Å². The number of rotatable bonds is 13. The lowest BCUT2D eigenvalue weighted by Crippen LogP contribution is -2.46. The van der Waals surface area contributed by atoms with E-state index in [2.05, 4.69) is 74.2 Å². The monoisotopic (exact) mass is 572 g/mol. The first-order valence-electron chi connectivity index (χ1n) is 15.2. The number of hydrogen-bond acceptors (Lipinski definition) is 9. The van der Waals surface area contributed by atoms with Crippen molar-refractivity contribution in [3.8, 4) is 11.5 Å². The van der Waals surface area contributed by atoms with Gasteiger partial charge in [0.05, 0.1) is 20.3 Å². The van der Waals surface area contributed by atoms with Crippen LogP contribution < -0.4 is 19.7 Å². The summed E-state index contributed by atoms with van der Waals surface area (Å²) < 4.78 is 11.2. The SMILES string of the molecule is CCc1ccnc(NCCC[C@H](c2ccc(OC)c(OC)c2)N2Cc3c(cccc3N3CCN(CC)CC3)C2C=O)n1. The molecule has 5 rings (SSSR count). The van der Waals surface area contributed by atoms with Crippen LogP contribution in [0.2, 0.25) is 0 Å². The van der Waals surface area contributed by atoms with Gasteiger partial charge >= 0.3 is 0 Å². The molecular formula is C33H44N6O3. The van der Waals surface area contributed by atoms with Crippen LogP contribution in [0.25, 0.3) is 0 Å². The van der Waals surface area contributed by atoms with Crippen LogP contribution in [-0.4, -0.2) is 79.5 Å². The third-order valence-corrected chi connectivity index (χ3v) is 8.70. The number of piperazine rings is 1. The Morgan fingerprint density at radius 1 is 1.05 bits per heavy atom. The Balaban J connectivity index is 1.40. The molecule has 0 aliphatic carbocycles. The lowest BCUT2D eigenvalue weighted by atomic mass is 9.98. The molecule has 0 amide bonds. The number of carbonyl (C=O) groups is 1. The van der Waals surface area contributed by atoms with Crippen molar-refractivity contribution in [1.29, 1.82) is 0 Å². The number of methoxy groups -OCH3 is 2. The van der Waals surface area contributed by atoms with Gasteiger partial charge in [0.2, 0.25) is 5.95 Å². The number of fused-ring (bicyclic) bond motifs is 1. The summed E-state index contributed by atoms with van der Waals surface area (Å²) in [6.45, 7) is 11.0. The molecule has 2 aromatic carbocycles. The van der Waals surface area contributed by atoms with Gasteiger partial charge in [0.15, 0.2) is 11.5 Å². The van der Waals surface area contributed by atoms with E-state index in [1.165, 1.54) is 11.3 Å². The maximum Gasteiger partial charge on any atom is 0.222 e. The number of aryl methyl sites for hydroxylation is 1. The molecule has 0 spiro atoms. The summed E-state index contributed by atoms with van der Waals surface area (Å²) in [5.74, 6) is 2.04. The summed E-state index contributed by atoms with van der Waals surface area (Å²) in [4.78, 5) is 29.1. The van der Waals surface area contributed by atoms with Gasteiger partial charge in [-0.1, -0.05) is 32.0 Å². The summed E-state index contributed by atoms with van der Waals surface area (Å²) >= 11 is 0. The van der Waals surface area contributed by atoms with Crippen LogP contribution in [0.4, 0.5) is 11.6 Å². The van der Waals surface area contributed by atoms with E-state index >= 15 is 0 Å². The Morgan fingerprint density at radius 2 is 1.86 bits per heavy atom. The molecule has 224 valence electrons. The average Bonchev–Trinajstić information content (AvgIpc) is 3.43. The van der Waals surface area contributed by atoms with Gasteiger partial charge < -0.3 is 29.4 Å². The summed E-state index contributed by atoms with van der Waals surface area (Å²) in [6.07, 6.45) is 5.51. The molecule has 0 radical (unpaired) electrons. The summed E-state index contributed by atoms with van der Waals surface area (Å²) in [6, 6.07) is 14.2.